The van der Waals surface area contributed by atoms with Gasteiger partial charge in [-0.25, -0.2) is 8.78 Å². The van der Waals surface area contributed by atoms with Gasteiger partial charge in [0.05, 0.1) is 5.60 Å². The molecule has 1 saturated heterocycles. The molecule has 1 aliphatic rings. The van der Waals surface area contributed by atoms with Crippen molar-refractivity contribution < 1.29 is 13.5 Å². The predicted molar refractivity (Wildman–Crippen MR) is 66.8 cm³/mol. The molecule has 0 aromatic heterocycles. The molecule has 0 bridgehead atoms. The number of alkyl halides is 2. The first kappa shape index (κ1) is 13.4. The summed E-state index contributed by atoms with van der Waals surface area (Å²) < 4.78 is 34.0. The summed E-state index contributed by atoms with van der Waals surface area (Å²) in [5, 5.41) is 3.17. The van der Waals surface area contributed by atoms with Gasteiger partial charge < -0.3 is 10.1 Å². The Hall–Kier alpha value is -1.00. The maximum atomic E-state index is 14.3. The molecule has 2 nitrogen and oxygen atoms in total. The van der Waals surface area contributed by atoms with E-state index in [1.807, 2.05) is 0 Å². The molecule has 1 heterocycles. The smallest absolute Gasteiger partial charge is 0.276 e. The molecule has 0 atom stereocenters. The number of nitrogens with one attached hydrogen (secondary N) is 1. The summed E-state index contributed by atoms with van der Waals surface area (Å²) in [5.41, 5.74) is -0.634. The molecule has 1 aromatic rings. The van der Waals surface area contributed by atoms with E-state index in [0.717, 1.165) is 13.1 Å². The summed E-state index contributed by atoms with van der Waals surface area (Å²) in [4.78, 5) is 0. The Kier molecular flexibility index (Phi) is 3.97. The summed E-state index contributed by atoms with van der Waals surface area (Å²) in [7, 11) is 1.53. The highest BCUT2D eigenvalue weighted by Gasteiger charge is 2.44. The van der Waals surface area contributed by atoms with Gasteiger partial charge in [-0.15, -0.1) is 0 Å². The van der Waals surface area contributed by atoms with Crippen LogP contribution < -0.4 is 5.32 Å². The van der Waals surface area contributed by atoms with Gasteiger partial charge >= 0.3 is 0 Å². The van der Waals surface area contributed by atoms with Crippen LogP contribution in [0.1, 0.15) is 24.8 Å². The molecular weight excluding hydrogens is 236 g/mol. The van der Waals surface area contributed by atoms with Gasteiger partial charge in [0.2, 0.25) is 0 Å². The normalized spacial score (nSPS) is 19.7. The molecule has 1 aliphatic heterocycles. The van der Waals surface area contributed by atoms with Gasteiger partial charge in [0, 0.05) is 19.1 Å². The van der Waals surface area contributed by atoms with Crippen LogP contribution >= 0.6 is 0 Å². The van der Waals surface area contributed by atoms with Gasteiger partial charge in [-0.1, -0.05) is 30.3 Å². The highest BCUT2D eigenvalue weighted by atomic mass is 19.3. The molecule has 0 aliphatic carbocycles. The fraction of sp³-hybridized carbons (Fsp3) is 0.571. The summed E-state index contributed by atoms with van der Waals surface area (Å²) in [6.45, 7) is 1.47. The summed E-state index contributed by atoms with van der Waals surface area (Å²) in [6, 6.07) is 7.99. The Labute approximate surface area is 106 Å². The van der Waals surface area contributed by atoms with Crippen LogP contribution in [0.4, 0.5) is 8.78 Å². The highest BCUT2D eigenvalue weighted by molar-refractivity contribution is 5.20. The van der Waals surface area contributed by atoms with Crippen molar-refractivity contribution in [3.05, 3.63) is 35.9 Å². The number of piperidine rings is 1. The molecule has 0 amide bonds. The van der Waals surface area contributed by atoms with Gasteiger partial charge in [0.15, 0.2) is 0 Å². The van der Waals surface area contributed by atoms with Crippen LogP contribution in [0.5, 0.6) is 0 Å². The molecule has 1 fully saturated rings. The summed E-state index contributed by atoms with van der Waals surface area (Å²) in [5.74, 6) is -2.84. The fourth-order valence-electron chi connectivity index (χ4n) is 2.52. The van der Waals surface area contributed by atoms with Crippen molar-refractivity contribution in [2.75, 3.05) is 20.2 Å². The molecule has 0 saturated carbocycles. The van der Waals surface area contributed by atoms with Crippen LogP contribution in [0, 0.1) is 0 Å². The lowest BCUT2D eigenvalue weighted by atomic mass is 9.84. The fourth-order valence-corrected chi connectivity index (χ4v) is 2.52. The molecule has 2 rings (SSSR count). The van der Waals surface area contributed by atoms with Crippen LogP contribution in [0.2, 0.25) is 0 Å². The van der Waals surface area contributed by atoms with Crippen LogP contribution in [-0.2, 0) is 10.7 Å². The van der Waals surface area contributed by atoms with Crippen molar-refractivity contribution in [2.45, 2.75) is 30.8 Å². The number of rotatable bonds is 4. The highest BCUT2D eigenvalue weighted by Crippen LogP contribution is 2.40. The van der Waals surface area contributed by atoms with E-state index in [1.54, 1.807) is 18.2 Å². The number of hydrogen-bond donors (Lipinski definition) is 1. The van der Waals surface area contributed by atoms with E-state index in [9.17, 15) is 8.78 Å². The van der Waals surface area contributed by atoms with Crippen LogP contribution in [0.3, 0.4) is 0 Å². The molecule has 1 N–H and O–H groups in total. The topological polar surface area (TPSA) is 21.3 Å². The number of ether oxygens (including phenoxy) is 1. The zero-order valence-electron chi connectivity index (χ0n) is 10.6. The second kappa shape index (κ2) is 5.33. The van der Waals surface area contributed by atoms with Gasteiger partial charge in [-0.3, -0.25) is 0 Å². The van der Waals surface area contributed by atoms with E-state index in [4.69, 9.17) is 4.74 Å². The second-order valence-corrected chi connectivity index (χ2v) is 4.88. The van der Waals surface area contributed by atoms with E-state index < -0.39 is 11.5 Å². The van der Waals surface area contributed by atoms with Gasteiger partial charge in [-0.2, -0.15) is 0 Å². The molecule has 100 valence electrons. The van der Waals surface area contributed by atoms with Crippen molar-refractivity contribution >= 4 is 0 Å². The van der Waals surface area contributed by atoms with Crippen molar-refractivity contribution in [1.29, 1.82) is 0 Å². The molecule has 18 heavy (non-hydrogen) atoms. The monoisotopic (exact) mass is 255 g/mol. The number of halogens is 2. The first-order chi connectivity index (χ1) is 8.58. The van der Waals surface area contributed by atoms with Gasteiger partial charge in [0.25, 0.3) is 5.92 Å². The number of benzene rings is 1. The Morgan fingerprint density at radius 2 is 1.83 bits per heavy atom. The summed E-state index contributed by atoms with van der Waals surface area (Å²) >= 11 is 0. The average molecular weight is 255 g/mol. The van der Waals surface area contributed by atoms with E-state index in [2.05, 4.69) is 5.32 Å². The minimum atomic E-state index is -2.84. The first-order valence-corrected chi connectivity index (χ1v) is 6.27. The van der Waals surface area contributed by atoms with Gasteiger partial charge in [-0.05, 0) is 25.9 Å². The minimum absolute atomic E-state index is 0.0694. The largest absolute Gasteiger partial charge is 0.378 e. The van der Waals surface area contributed by atoms with Gasteiger partial charge in [0.1, 0.15) is 0 Å². The van der Waals surface area contributed by atoms with Crippen molar-refractivity contribution in [3.63, 3.8) is 0 Å². The lowest BCUT2D eigenvalue weighted by Crippen LogP contribution is -2.46. The van der Waals surface area contributed by atoms with E-state index in [0.29, 0.717) is 12.8 Å². The van der Waals surface area contributed by atoms with E-state index >= 15 is 0 Å². The minimum Gasteiger partial charge on any atom is -0.378 e. The SMILES string of the molecule is COC1(CC(F)(F)c2ccccc2)CCNCC1. The molecule has 0 spiro atoms. The van der Waals surface area contributed by atoms with Crippen molar-refractivity contribution in [2.24, 2.45) is 0 Å². The number of methoxy groups -OCH3 is 1. The molecule has 0 radical (unpaired) electrons. The van der Waals surface area contributed by atoms with E-state index in [-0.39, 0.29) is 12.0 Å². The Morgan fingerprint density at radius 3 is 2.39 bits per heavy atom. The zero-order valence-corrected chi connectivity index (χ0v) is 10.6. The van der Waals surface area contributed by atoms with Crippen LogP contribution in [-0.4, -0.2) is 25.8 Å². The van der Waals surface area contributed by atoms with Crippen LogP contribution in [0.25, 0.3) is 0 Å². The lowest BCUT2D eigenvalue weighted by Gasteiger charge is -2.38. The standard InChI is InChI=1S/C14H19F2NO/c1-18-13(7-9-17-10-8-13)11-14(15,16)12-5-3-2-4-6-12/h2-6,17H,7-11H2,1H3. The average Bonchev–Trinajstić information content (AvgIpc) is 2.40. The third-order valence-electron chi connectivity index (χ3n) is 3.69. The lowest BCUT2D eigenvalue weighted by molar-refractivity contribution is -0.123. The van der Waals surface area contributed by atoms with Crippen LogP contribution in [0.15, 0.2) is 30.3 Å². The van der Waals surface area contributed by atoms with E-state index in [1.165, 1.54) is 19.2 Å². The maximum absolute atomic E-state index is 14.3. The Balaban J connectivity index is 2.15. The first-order valence-electron chi connectivity index (χ1n) is 6.27. The van der Waals surface area contributed by atoms with Crippen molar-refractivity contribution in [3.8, 4) is 0 Å². The maximum Gasteiger partial charge on any atom is 0.276 e. The zero-order chi connectivity index (χ0) is 13.1. The second-order valence-electron chi connectivity index (χ2n) is 4.88. The number of hydrogen-bond acceptors (Lipinski definition) is 2. The third-order valence-corrected chi connectivity index (χ3v) is 3.69. The summed E-state index contributed by atoms with van der Waals surface area (Å²) in [6.07, 6.45) is 1.01. The molecule has 4 heteroatoms. The molecule has 0 unspecified atom stereocenters. The quantitative estimate of drug-likeness (QED) is 0.893. The Bertz CT molecular complexity index is 375. The predicted octanol–water partition coefficient (Wildman–Crippen LogP) is 2.94. The van der Waals surface area contributed by atoms with Crippen molar-refractivity contribution in [1.82, 2.24) is 5.32 Å². The third kappa shape index (κ3) is 2.87. The molecule has 1 aromatic carbocycles. The molecular formula is C14H19F2NO. The Morgan fingerprint density at radius 1 is 1.22 bits per heavy atom.